The Morgan fingerprint density at radius 2 is 1.63 bits per heavy atom. The lowest BCUT2D eigenvalue weighted by atomic mass is 9.97. The first-order chi connectivity index (χ1) is 9.08. The molecule has 19 heavy (non-hydrogen) atoms. The molecule has 0 amide bonds. The highest BCUT2D eigenvalue weighted by molar-refractivity contribution is 5.31. The van der Waals surface area contributed by atoms with Gasteiger partial charge in [0.05, 0.1) is 6.10 Å². The fraction of sp³-hybridized carbons (Fsp3) is 0.333. The molecule has 1 unspecified atom stereocenters. The van der Waals surface area contributed by atoms with Crippen molar-refractivity contribution in [3.05, 3.63) is 70.3 Å². The minimum absolute atomic E-state index is 0.376. The summed E-state index contributed by atoms with van der Waals surface area (Å²) in [4.78, 5) is 0. The van der Waals surface area contributed by atoms with Crippen LogP contribution in [0.5, 0.6) is 0 Å². The second-order valence-corrected chi connectivity index (χ2v) is 5.32. The Balaban J connectivity index is 2.03. The van der Waals surface area contributed by atoms with Gasteiger partial charge in [0.2, 0.25) is 0 Å². The van der Waals surface area contributed by atoms with Crippen LogP contribution in [0.4, 0.5) is 0 Å². The fourth-order valence-corrected chi connectivity index (χ4v) is 2.32. The van der Waals surface area contributed by atoms with Crippen LogP contribution in [0.3, 0.4) is 0 Å². The van der Waals surface area contributed by atoms with E-state index in [9.17, 15) is 5.11 Å². The van der Waals surface area contributed by atoms with Crippen LogP contribution in [0, 0.1) is 20.8 Å². The zero-order valence-electron chi connectivity index (χ0n) is 12.0. The van der Waals surface area contributed by atoms with E-state index in [0.717, 1.165) is 18.4 Å². The molecule has 0 fully saturated rings. The van der Waals surface area contributed by atoms with Gasteiger partial charge >= 0.3 is 0 Å². The molecular formula is C18H22O. The molecule has 0 saturated carbocycles. The van der Waals surface area contributed by atoms with Gasteiger partial charge in [-0.15, -0.1) is 0 Å². The number of aliphatic hydroxyl groups is 1. The van der Waals surface area contributed by atoms with Crippen LogP contribution in [0.25, 0.3) is 0 Å². The molecular weight excluding hydrogens is 232 g/mol. The Labute approximate surface area is 115 Å². The van der Waals surface area contributed by atoms with Crippen molar-refractivity contribution in [3.8, 4) is 0 Å². The Kier molecular flexibility index (Phi) is 4.39. The molecule has 0 aliphatic carbocycles. The molecule has 0 radical (unpaired) electrons. The van der Waals surface area contributed by atoms with Crippen molar-refractivity contribution >= 4 is 0 Å². The molecule has 2 aromatic rings. The standard InChI is InChI=1S/C18H22O/c1-13-8-9-17(12-15(13)3)18(19)11-10-16-7-5-4-6-14(16)2/h4-9,12,18-19H,10-11H2,1-3H3. The molecule has 0 saturated heterocycles. The minimum atomic E-state index is -0.376. The van der Waals surface area contributed by atoms with Gasteiger partial charge in [-0.1, -0.05) is 42.5 Å². The van der Waals surface area contributed by atoms with Gasteiger partial charge in [0, 0.05) is 0 Å². The number of hydrogen-bond acceptors (Lipinski definition) is 1. The maximum Gasteiger partial charge on any atom is 0.0793 e. The smallest absolute Gasteiger partial charge is 0.0793 e. The molecule has 0 bridgehead atoms. The van der Waals surface area contributed by atoms with Crippen LogP contribution in [-0.4, -0.2) is 5.11 Å². The maximum atomic E-state index is 10.3. The molecule has 1 heteroatoms. The van der Waals surface area contributed by atoms with Crippen molar-refractivity contribution in [2.75, 3.05) is 0 Å². The van der Waals surface area contributed by atoms with Crippen molar-refractivity contribution < 1.29 is 5.11 Å². The van der Waals surface area contributed by atoms with Crippen molar-refractivity contribution in [2.45, 2.75) is 39.7 Å². The first kappa shape index (κ1) is 13.8. The van der Waals surface area contributed by atoms with Crippen LogP contribution in [0.15, 0.2) is 42.5 Å². The highest BCUT2D eigenvalue weighted by Gasteiger charge is 2.09. The summed E-state index contributed by atoms with van der Waals surface area (Å²) in [7, 11) is 0. The molecule has 0 aromatic heterocycles. The lowest BCUT2D eigenvalue weighted by Gasteiger charge is -2.13. The molecule has 2 aromatic carbocycles. The van der Waals surface area contributed by atoms with E-state index in [1.165, 1.54) is 22.3 Å². The van der Waals surface area contributed by atoms with Crippen LogP contribution >= 0.6 is 0 Å². The van der Waals surface area contributed by atoms with Gasteiger partial charge in [-0.05, 0) is 61.4 Å². The van der Waals surface area contributed by atoms with Gasteiger partial charge in [0.1, 0.15) is 0 Å². The Morgan fingerprint density at radius 3 is 2.32 bits per heavy atom. The average Bonchev–Trinajstić information content (AvgIpc) is 2.40. The van der Waals surface area contributed by atoms with E-state index in [0.29, 0.717) is 0 Å². The van der Waals surface area contributed by atoms with E-state index in [1.807, 2.05) is 6.07 Å². The topological polar surface area (TPSA) is 20.2 Å². The number of rotatable bonds is 4. The zero-order chi connectivity index (χ0) is 13.8. The lowest BCUT2D eigenvalue weighted by Crippen LogP contribution is -2.01. The first-order valence-electron chi connectivity index (χ1n) is 6.87. The van der Waals surface area contributed by atoms with Gasteiger partial charge in [0.25, 0.3) is 0 Å². The van der Waals surface area contributed by atoms with Crippen molar-refractivity contribution in [2.24, 2.45) is 0 Å². The summed E-state index contributed by atoms with van der Waals surface area (Å²) >= 11 is 0. The van der Waals surface area contributed by atoms with Gasteiger partial charge in [-0.2, -0.15) is 0 Å². The summed E-state index contributed by atoms with van der Waals surface area (Å²) in [5.41, 5.74) is 6.17. The third-order valence-corrected chi connectivity index (χ3v) is 3.86. The molecule has 1 nitrogen and oxygen atoms in total. The summed E-state index contributed by atoms with van der Waals surface area (Å²) in [6.07, 6.45) is 1.31. The highest BCUT2D eigenvalue weighted by atomic mass is 16.3. The van der Waals surface area contributed by atoms with Crippen LogP contribution in [0.2, 0.25) is 0 Å². The summed E-state index contributed by atoms with van der Waals surface area (Å²) in [5.74, 6) is 0. The van der Waals surface area contributed by atoms with E-state index in [2.05, 4.69) is 57.2 Å². The van der Waals surface area contributed by atoms with Gasteiger partial charge in [0.15, 0.2) is 0 Å². The Morgan fingerprint density at radius 1 is 0.895 bits per heavy atom. The molecule has 100 valence electrons. The second kappa shape index (κ2) is 6.03. The monoisotopic (exact) mass is 254 g/mol. The summed E-state index contributed by atoms with van der Waals surface area (Å²) in [6, 6.07) is 14.6. The fourth-order valence-electron chi connectivity index (χ4n) is 2.32. The summed E-state index contributed by atoms with van der Waals surface area (Å²) < 4.78 is 0. The third kappa shape index (κ3) is 3.45. The molecule has 0 heterocycles. The third-order valence-electron chi connectivity index (χ3n) is 3.86. The second-order valence-electron chi connectivity index (χ2n) is 5.32. The maximum absolute atomic E-state index is 10.3. The predicted octanol–water partition coefficient (Wildman–Crippen LogP) is 4.28. The van der Waals surface area contributed by atoms with Crippen LogP contribution in [0.1, 0.15) is 40.3 Å². The molecule has 2 rings (SSSR count). The normalized spacial score (nSPS) is 12.4. The van der Waals surface area contributed by atoms with E-state index >= 15 is 0 Å². The number of aliphatic hydroxyl groups excluding tert-OH is 1. The SMILES string of the molecule is Cc1ccc(C(O)CCc2ccccc2C)cc1C. The van der Waals surface area contributed by atoms with E-state index < -0.39 is 0 Å². The Hall–Kier alpha value is -1.60. The lowest BCUT2D eigenvalue weighted by molar-refractivity contribution is 0.167. The molecule has 1 atom stereocenters. The molecule has 0 aliphatic heterocycles. The van der Waals surface area contributed by atoms with Crippen molar-refractivity contribution in [1.29, 1.82) is 0 Å². The largest absolute Gasteiger partial charge is 0.388 e. The Bertz CT molecular complexity index is 557. The van der Waals surface area contributed by atoms with Gasteiger partial charge < -0.3 is 5.11 Å². The van der Waals surface area contributed by atoms with E-state index in [4.69, 9.17) is 0 Å². The van der Waals surface area contributed by atoms with Gasteiger partial charge in [-0.3, -0.25) is 0 Å². The summed E-state index contributed by atoms with van der Waals surface area (Å²) in [5, 5.41) is 10.3. The quantitative estimate of drug-likeness (QED) is 0.863. The van der Waals surface area contributed by atoms with E-state index in [1.54, 1.807) is 0 Å². The summed E-state index contributed by atoms with van der Waals surface area (Å²) in [6.45, 7) is 6.31. The predicted molar refractivity (Wildman–Crippen MR) is 80.4 cm³/mol. The zero-order valence-corrected chi connectivity index (χ0v) is 12.0. The number of aryl methyl sites for hydroxylation is 4. The number of hydrogen-bond donors (Lipinski definition) is 1. The van der Waals surface area contributed by atoms with Crippen molar-refractivity contribution in [3.63, 3.8) is 0 Å². The number of benzene rings is 2. The minimum Gasteiger partial charge on any atom is -0.388 e. The highest BCUT2D eigenvalue weighted by Crippen LogP contribution is 2.22. The molecule has 0 aliphatic rings. The average molecular weight is 254 g/mol. The molecule has 1 N–H and O–H groups in total. The van der Waals surface area contributed by atoms with Gasteiger partial charge in [-0.25, -0.2) is 0 Å². The first-order valence-corrected chi connectivity index (χ1v) is 6.87. The molecule has 0 spiro atoms. The van der Waals surface area contributed by atoms with E-state index in [-0.39, 0.29) is 6.10 Å². The van der Waals surface area contributed by atoms with Crippen molar-refractivity contribution in [1.82, 2.24) is 0 Å². The van der Waals surface area contributed by atoms with Crippen LogP contribution in [-0.2, 0) is 6.42 Å². The van der Waals surface area contributed by atoms with Crippen LogP contribution < -0.4 is 0 Å².